The molecule has 1 heterocycles. The molecule has 0 N–H and O–H groups in total. The van der Waals surface area contributed by atoms with E-state index in [1.807, 2.05) is 20.8 Å². The average Bonchev–Trinajstić information content (AvgIpc) is 2.61. The second kappa shape index (κ2) is 5.15. The number of nitrogens with zero attached hydrogens (tertiary/aromatic N) is 2. The fraction of sp³-hybridized carbons (Fsp3) is 0.727. The van der Waals surface area contributed by atoms with E-state index in [1.165, 1.54) is 6.20 Å². The summed E-state index contributed by atoms with van der Waals surface area (Å²) in [4.78, 5) is 0. The molecule has 0 atom stereocenters. The number of sulfone groups is 1. The van der Waals surface area contributed by atoms with Crippen LogP contribution in [0.4, 0.5) is 13.2 Å². The molecule has 0 radical (unpaired) electrons. The Morgan fingerprint density at radius 2 is 1.84 bits per heavy atom. The van der Waals surface area contributed by atoms with Crippen molar-refractivity contribution in [1.82, 2.24) is 9.78 Å². The minimum Gasteiger partial charge on any atom is -0.267 e. The molecule has 1 aromatic rings. The van der Waals surface area contributed by atoms with Crippen LogP contribution in [0.25, 0.3) is 0 Å². The summed E-state index contributed by atoms with van der Waals surface area (Å²) in [6, 6.07) is 0. The third kappa shape index (κ3) is 5.63. The number of hydrogen-bond acceptors (Lipinski definition) is 3. The molecule has 8 heteroatoms. The third-order valence-corrected chi connectivity index (χ3v) is 4.01. The first-order chi connectivity index (χ1) is 8.39. The highest BCUT2D eigenvalue weighted by molar-refractivity contribution is 7.90. The lowest BCUT2D eigenvalue weighted by atomic mass is 10.1. The van der Waals surface area contributed by atoms with Crippen molar-refractivity contribution in [3.05, 3.63) is 18.0 Å². The van der Waals surface area contributed by atoms with E-state index in [1.54, 1.807) is 10.9 Å². The van der Waals surface area contributed by atoms with Crippen molar-refractivity contribution < 1.29 is 21.6 Å². The van der Waals surface area contributed by atoms with Crippen molar-refractivity contribution in [3.8, 4) is 0 Å². The van der Waals surface area contributed by atoms with Gasteiger partial charge in [-0.3, -0.25) is 4.68 Å². The quantitative estimate of drug-likeness (QED) is 0.858. The molecule has 0 aromatic carbocycles. The molecule has 1 rings (SSSR count). The molecule has 4 nitrogen and oxygen atoms in total. The van der Waals surface area contributed by atoms with Gasteiger partial charge in [0.25, 0.3) is 0 Å². The number of halogens is 3. The van der Waals surface area contributed by atoms with E-state index in [9.17, 15) is 21.6 Å². The summed E-state index contributed by atoms with van der Waals surface area (Å²) in [7, 11) is -3.77. The van der Waals surface area contributed by atoms with Crippen molar-refractivity contribution in [2.24, 2.45) is 0 Å². The molecule has 0 saturated heterocycles. The van der Waals surface area contributed by atoms with Gasteiger partial charge in [-0.15, -0.1) is 0 Å². The maximum absolute atomic E-state index is 12.0. The Morgan fingerprint density at radius 1 is 1.26 bits per heavy atom. The normalized spacial score (nSPS) is 13.8. The van der Waals surface area contributed by atoms with Gasteiger partial charge in [-0.25, -0.2) is 8.42 Å². The largest absolute Gasteiger partial charge is 0.390 e. The lowest BCUT2D eigenvalue weighted by molar-refractivity contribution is -0.129. The lowest BCUT2D eigenvalue weighted by Crippen LogP contribution is -2.22. The van der Waals surface area contributed by atoms with Crippen LogP contribution in [0, 0.1) is 0 Å². The van der Waals surface area contributed by atoms with Gasteiger partial charge in [0, 0.05) is 11.8 Å². The van der Waals surface area contributed by atoms with Gasteiger partial charge in [0.05, 0.1) is 29.7 Å². The third-order valence-electron chi connectivity index (χ3n) is 2.41. The van der Waals surface area contributed by atoms with Crippen LogP contribution in [0.5, 0.6) is 0 Å². The fourth-order valence-electron chi connectivity index (χ4n) is 1.40. The van der Waals surface area contributed by atoms with E-state index in [4.69, 9.17) is 0 Å². The summed E-state index contributed by atoms with van der Waals surface area (Å²) >= 11 is 0. The van der Waals surface area contributed by atoms with Gasteiger partial charge in [0.2, 0.25) is 0 Å². The van der Waals surface area contributed by atoms with E-state index in [0.717, 1.165) is 0 Å². The topological polar surface area (TPSA) is 52.0 Å². The van der Waals surface area contributed by atoms with Gasteiger partial charge in [-0.1, -0.05) is 0 Å². The fourth-order valence-corrected chi connectivity index (χ4v) is 2.74. The zero-order valence-electron chi connectivity index (χ0n) is 11.0. The molecule has 0 amide bonds. The summed E-state index contributed by atoms with van der Waals surface area (Å²) in [6.07, 6.45) is -2.85. The van der Waals surface area contributed by atoms with Gasteiger partial charge in [-0.05, 0) is 20.8 Å². The van der Waals surface area contributed by atoms with Crippen molar-refractivity contribution in [3.63, 3.8) is 0 Å². The van der Waals surface area contributed by atoms with E-state index < -0.39 is 33.9 Å². The van der Waals surface area contributed by atoms with Gasteiger partial charge in [-0.2, -0.15) is 18.3 Å². The zero-order valence-corrected chi connectivity index (χ0v) is 11.8. The molecule has 0 bridgehead atoms. The van der Waals surface area contributed by atoms with Crippen molar-refractivity contribution >= 4 is 9.84 Å². The Morgan fingerprint density at radius 3 is 2.26 bits per heavy atom. The summed E-state index contributed by atoms with van der Waals surface area (Å²) in [5.74, 6) is -1.31. The first kappa shape index (κ1) is 16.0. The molecule has 1 aromatic heterocycles. The van der Waals surface area contributed by atoms with Crippen LogP contribution in [-0.4, -0.2) is 30.1 Å². The molecule has 0 aliphatic rings. The van der Waals surface area contributed by atoms with Crippen LogP contribution >= 0.6 is 0 Å². The maximum atomic E-state index is 12.0. The molecular weight excluding hydrogens is 281 g/mol. The molecule has 0 fully saturated rings. The van der Waals surface area contributed by atoms with Crippen molar-refractivity contribution in [2.75, 3.05) is 5.75 Å². The standard InChI is InChI=1S/C11H17F3N2O2S/c1-10(2,3)16-7-9(6-15-16)8-19(17,18)5-4-11(12,13)14/h6-7H,4-5,8H2,1-3H3. The number of rotatable bonds is 4. The molecule has 0 aliphatic carbocycles. The predicted octanol–water partition coefficient (Wildman–Crippen LogP) is 2.51. The summed E-state index contributed by atoms with van der Waals surface area (Å²) in [5.41, 5.74) is 0.102. The minimum atomic E-state index is -4.46. The van der Waals surface area contributed by atoms with E-state index in [-0.39, 0.29) is 5.54 Å². The van der Waals surface area contributed by atoms with Gasteiger partial charge in [0.15, 0.2) is 9.84 Å². The van der Waals surface area contributed by atoms with Gasteiger partial charge >= 0.3 is 6.18 Å². The zero-order chi connectivity index (χ0) is 14.9. The summed E-state index contributed by atoms with van der Waals surface area (Å²) in [5, 5.41) is 4.01. The predicted molar refractivity (Wildman–Crippen MR) is 65.4 cm³/mol. The van der Waals surface area contributed by atoms with Crippen LogP contribution in [0.3, 0.4) is 0 Å². The molecular formula is C11H17F3N2O2S. The van der Waals surface area contributed by atoms with E-state index >= 15 is 0 Å². The molecule has 0 unspecified atom stereocenters. The number of aromatic nitrogens is 2. The van der Waals surface area contributed by atoms with E-state index in [2.05, 4.69) is 5.10 Å². The Kier molecular flexibility index (Phi) is 4.33. The Hall–Kier alpha value is -1.05. The first-order valence-electron chi connectivity index (χ1n) is 5.70. The highest BCUT2D eigenvalue weighted by atomic mass is 32.2. The number of hydrogen-bond donors (Lipinski definition) is 0. The molecule has 0 saturated carbocycles. The second-order valence-electron chi connectivity index (χ2n) is 5.42. The highest BCUT2D eigenvalue weighted by Crippen LogP contribution is 2.21. The molecule has 0 spiro atoms. The van der Waals surface area contributed by atoms with Crippen LogP contribution < -0.4 is 0 Å². The van der Waals surface area contributed by atoms with E-state index in [0.29, 0.717) is 5.56 Å². The monoisotopic (exact) mass is 298 g/mol. The Bertz CT molecular complexity index is 527. The molecule has 110 valence electrons. The molecule has 0 aliphatic heterocycles. The minimum absolute atomic E-state index is 0.298. The Labute approximate surface area is 110 Å². The van der Waals surface area contributed by atoms with Gasteiger partial charge in [0.1, 0.15) is 0 Å². The van der Waals surface area contributed by atoms with Crippen LogP contribution in [0.1, 0.15) is 32.8 Å². The maximum Gasteiger partial charge on any atom is 0.390 e. The summed E-state index contributed by atoms with van der Waals surface area (Å²) < 4.78 is 60.7. The second-order valence-corrected chi connectivity index (χ2v) is 7.61. The Balaban J connectivity index is 2.71. The highest BCUT2D eigenvalue weighted by Gasteiger charge is 2.30. The van der Waals surface area contributed by atoms with Crippen molar-refractivity contribution in [2.45, 2.75) is 44.7 Å². The van der Waals surface area contributed by atoms with Crippen LogP contribution in [0.2, 0.25) is 0 Å². The first-order valence-corrected chi connectivity index (χ1v) is 7.52. The average molecular weight is 298 g/mol. The smallest absolute Gasteiger partial charge is 0.267 e. The SMILES string of the molecule is CC(C)(C)n1cc(CS(=O)(=O)CCC(F)(F)F)cn1. The number of alkyl halides is 3. The van der Waals surface area contributed by atoms with Crippen molar-refractivity contribution in [1.29, 1.82) is 0 Å². The van der Waals surface area contributed by atoms with Gasteiger partial charge < -0.3 is 0 Å². The van der Waals surface area contributed by atoms with Crippen LogP contribution in [-0.2, 0) is 21.1 Å². The molecule has 19 heavy (non-hydrogen) atoms. The lowest BCUT2D eigenvalue weighted by Gasteiger charge is -2.18. The summed E-state index contributed by atoms with van der Waals surface area (Å²) in [6.45, 7) is 5.67. The van der Waals surface area contributed by atoms with Crippen LogP contribution in [0.15, 0.2) is 12.4 Å².